The maximum atomic E-state index is 11.7. The molecule has 30 heavy (non-hydrogen) atoms. The van der Waals surface area contributed by atoms with Gasteiger partial charge in [0.2, 0.25) is 0 Å². The molecule has 0 saturated heterocycles. The third-order valence-corrected chi connectivity index (χ3v) is 4.76. The molecule has 3 N–H and O–H groups in total. The molecule has 2 heterocycles. The third-order valence-electron chi connectivity index (χ3n) is 3.89. The van der Waals surface area contributed by atoms with E-state index in [1.807, 2.05) is 50.8 Å². The smallest absolute Gasteiger partial charge is 0.407 e. The van der Waals surface area contributed by atoms with Gasteiger partial charge in [-0.1, -0.05) is 6.07 Å². The molecule has 9 nitrogen and oxygen atoms in total. The number of nitrogens with zero attached hydrogens (tertiary/aromatic N) is 4. The molecule has 2 rings (SSSR count). The molecule has 11 heteroatoms. The van der Waals surface area contributed by atoms with Crippen LogP contribution in [0.4, 0.5) is 4.79 Å². The third kappa shape index (κ3) is 9.74. The number of nitrogens with one attached hydrogen (secondary N) is 3. The van der Waals surface area contributed by atoms with Crippen molar-refractivity contribution in [2.24, 2.45) is 12.0 Å². The number of carbonyl (C=O) groups excluding carboxylic acids is 1. The molecule has 2 aromatic heterocycles. The maximum absolute atomic E-state index is 11.7. The SMILES string of the molecule is Cc1nnc(CN=C(NCCCNC(=O)OC(C)(C)C)NCc2cccs2)n1C.I. The van der Waals surface area contributed by atoms with Crippen LogP contribution in [-0.4, -0.2) is 45.5 Å². The highest BCUT2D eigenvalue weighted by Crippen LogP contribution is 2.08. The molecule has 2 aromatic rings. The van der Waals surface area contributed by atoms with Crippen LogP contribution in [0.15, 0.2) is 22.5 Å². The number of guanidine groups is 1. The Morgan fingerprint density at radius 3 is 2.57 bits per heavy atom. The van der Waals surface area contributed by atoms with Crippen molar-refractivity contribution in [2.75, 3.05) is 13.1 Å². The number of halogens is 1. The van der Waals surface area contributed by atoms with E-state index in [0.29, 0.717) is 32.1 Å². The van der Waals surface area contributed by atoms with Gasteiger partial charge in [0.25, 0.3) is 0 Å². The first-order valence-corrected chi connectivity index (χ1v) is 10.5. The van der Waals surface area contributed by atoms with Gasteiger partial charge in [0, 0.05) is 25.0 Å². The summed E-state index contributed by atoms with van der Waals surface area (Å²) in [6, 6.07) is 4.10. The Balaban J connectivity index is 0.00000450. The molecular weight excluding hydrogens is 517 g/mol. The van der Waals surface area contributed by atoms with Gasteiger partial charge < -0.3 is 25.3 Å². The van der Waals surface area contributed by atoms with E-state index in [2.05, 4.69) is 37.2 Å². The van der Waals surface area contributed by atoms with Gasteiger partial charge in [0.1, 0.15) is 18.0 Å². The van der Waals surface area contributed by atoms with Gasteiger partial charge in [-0.25, -0.2) is 9.79 Å². The Kier molecular flexibility index (Phi) is 11.1. The summed E-state index contributed by atoms with van der Waals surface area (Å²) in [6.07, 6.45) is 0.335. The summed E-state index contributed by atoms with van der Waals surface area (Å²) in [4.78, 5) is 17.5. The molecule has 168 valence electrons. The molecule has 0 aliphatic carbocycles. The van der Waals surface area contributed by atoms with Crippen molar-refractivity contribution in [3.8, 4) is 0 Å². The molecule has 0 unspecified atom stereocenters. The molecule has 0 aromatic carbocycles. The summed E-state index contributed by atoms with van der Waals surface area (Å²) in [7, 11) is 1.93. The Bertz CT molecular complexity index is 800. The number of hydrogen-bond acceptors (Lipinski definition) is 6. The molecule has 0 atom stereocenters. The van der Waals surface area contributed by atoms with E-state index in [-0.39, 0.29) is 24.0 Å². The van der Waals surface area contributed by atoms with E-state index in [0.717, 1.165) is 18.1 Å². The van der Waals surface area contributed by atoms with Crippen molar-refractivity contribution in [3.05, 3.63) is 34.0 Å². The van der Waals surface area contributed by atoms with E-state index < -0.39 is 11.7 Å². The molecule has 0 saturated carbocycles. The zero-order valence-corrected chi connectivity index (χ0v) is 21.3. The quantitative estimate of drug-likeness (QED) is 0.203. The number of ether oxygens (including phenoxy) is 1. The predicted molar refractivity (Wildman–Crippen MR) is 130 cm³/mol. The fraction of sp³-hybridized carbons (Fsp3) is 0.579. The molecule has 0 aliphatic rings. The number of aliphatic imine (C=N–C) groups is 1. The van der Waals surface area contributed by atoms with Gasteiger partial charge in [-0.05, 0) is 45.6 Å². The van der Waals surface area contributed by atoms with Crippen LogP contribution in [0.25, 0.3) is 0 Å². The van der Waals surface area contributed by atoms with Gasteiger partial charge >= 0.3 is 6.09 Å². The summed E-state index contributed by atoms with van der Waals surface area (Å²) < 4.78 is 7.15. The van der Waals surface area contributed by atoms with Crippen LogP contribution in [-0.2, 0) is 24.9 Å². The average Bonchev–Trinajstić information content (AvgIpc) is 3.26. The molecule has 0 radical (unpaired) electrons. The van der Waals surface area contributed by atoms with Gasteiger partial charge in [-0.3, -0.25) is 0 Å². The van der Waals surface area contributed by atoms with Crippen LogP contribution < -0.4 is 16.0 Å². The van der Waals surface area contributed by atoms with Gasteiger partial charge in [-0.2, -0.15) is 0 Å². The standard InChI is InChI=1S/C19H31N7O2S.HI/c1-14-24-25-16(26(14)5)13-23-17(22-12-15-8-6-11-29-15)20-9-7-10-21-18(27)28-19(2,3)4;/h6,8,11H,7,9-10,12-13H2,1-5H3,(H,21,27)(H2,20,22,23);1H. The predicted octanol–water partition coefficient (Wildman–Crippen LogP) is 2.95. The summed E-state index contributed by atoms with van der Waals surface area (Å²) >= 11 is 1.69. The maximum Gasteiger partial charge on any atom is 0.407 e. The summed E-state index contributed by atoms with van der Waals surface area (Å²) in [5, 5.41) is 19.6. The van der Waals surface area contributed by atoms with Crippen molar-refractivity contribution >= 4 is 47.4 Å². The molecular formula is C19H32IN7O2S. The molecule has 0 fully saturated rings. The number of aryl methyl sites for hydroxylation is 1. The zero-order valence-electron chi connectivity index (χ0n) is 18.2. The van der Waals surface area contributed by atoms with Crippen LogP contribution in [0.5, 0.6) is 0 Å². The molecule has 1 amide bonds. The second kappa shape index (κ2) is 12.7. The zero-order chi connectivity index (χ0) is 21.3. The van der Waals surface area contributed by atoms with E-state index in [4.69, 9.17) is 4.74 Å². The Labute approximate surface area is 199 Å². The second-order valence-corrected chi connectivity index (χ2v) is 8.56. The fourth-order valence-corrected chi connectivity index (χ4v) is 2.94. The summed E-state index contributed by atoms with van der Waals surface area (Å²) in [5.41, 5.74) is -0.494. The van der Waals surface area contributed by atoms with E-state index >= 15 is 0 Å². The molecule has 0 aliphatic heterocycles. The Morgan fingerprint density at radius 2 is 1.97 bits per heavy atom. The Hall–Kier alpha value is -1.89. The second-order valence-electron chi connectivity index (χ2n) is 7.53. The minimum Gasteiger partial charge on any atom is -0.444 e. The normalized spacial score (nSPS) is 11.6. The van der Waals surface area contributed by atoms with Crippen LogP contribution in [0.2, 0.25) is 0 Å². The number of hydrogen-bond donors (Lipinski definition) is 3. The first-order chi connectivity index (χ1) is 13.7. The highest BCUT2D eigenvalue weighted by Gasteiger charge is 2.15. The van der Waals surface area contributed by atoms with Crippen LogP contribution >= 0.6 is 35.3 Å². The molecule has 0 spiro atoms. The number of rotatable bonds is 8. The van der Waals surface area contributed by atoms with E-state index in [9.17, 15) is 4.79 Å². The van der Waals surface area contributed by atoms with E-state index in [1.165, 1.54) is 4.88 Å². The van der Waals surface area contributed by atoms with Gasteiger partial charge in [0.15, 0.2) is 11.8 Å². The van der Waals surface area contributed by atoms with Gasteiger partial charge in [-0.15, -0.1) is 45.5 Å². The van der Waals surface area contributed by atoms with Crippen molar-refractivity contribution < 1.29 is 9.53 Å². The number of alkyl carbamates (subject to hydrolysis) is 1. The van der Waals surface area contributed by atoms with Crippen LogP contribution in [0.3, 0.4) is 0 Å². The number of carbonyl (C=O) groups is 1. The van der Waals surface area contributed by atoms with Crippen molar-refractivity contribution in [2.45, 2.75) is 52.8 Å². The number of amides is 1. The van der Waals surface area contributed by atoms with E-state index in [1.54, 1.807) is 11.3 Å². The van der Waals surface area contributed by atoms with Crippen LogP contribution in [0.1, 0.15) is 43.7 Å². The summed E-state index contributed by atoms with van der Waals surface area (Å²) in [5.74, 6) is 2.34. The lowest BCUT2D eigenvalue weighted by Gasteiger charge is -2.19. The minimum absolute atomic E-state index is 0. The summed E-state index contributed by atoms with van der Waals surface area (Å²) in [6.45, 7) is 9.72. The highest BCUT2D eigenvalue weighted by atomic mass is 127. The highest BCUT2D eigenvalue weighted by molar-refractivity contribution is 14.0. The van der Waals surface area contributed by atoms with Gasteiger partial charge in [0.05, 0.1) is 6.54 Å². The first-order valence-electron chi connectivity index (χ1n) is 9.61. The van der Waals surface area contributed by atoms with Crippen molar-refractivity contribution in [3.63, 3.8) is 0 Å². The lowest BCUT2D eigenvalue weighted by atomic mass is 10.2. The van der Waals surface area contributed by atoms with Crippen molar-refractivity contribution in [1.29, 1.82) is 0 Å². The van der Waals surface area contributed by atoms with Crippen molar-refractivity contribution in [1.82, 2.24) is 30.7 Å². The minimum atomic E-state index is -0.494. The number of aromatic nitrogens is 3. The lowest BCUT2D eigenvalue weighted by Crippen LogP contribution is -2.39. The monoisotopic (exact) mass is 549 g/mol. The average molecular weight is 549 g/mol. The number of thiophene rings is 1. The molecule has 0 bridgehead atoms. The topological polar surface area (TPSA) is 105 Å². The Morgan fingerprint density at radius 1 is 1.23 bits per heavy atom. The van der Waals surface area contributed by atoms with Crippen LogP contribution in [0, 0.1) is 6.92 Å². The first kappa shape index (κ1) is 26.1. The largest absolute Gasteiger partial charge is 0.444 e. The lowest BCUT2D eigenvalue weighted by molar-refractivity contribution is 0.0527. The fourth-order valence-electron chi connectivity index (χ4n) is 2.30.